The minimum atomic E-state index is -1.07. The summed E-state index contributed by atoms with van der Waals surface area (Å²) in [7, 11) is 0. The molecular formula is C13H20N2O5S. The molecule has 3 unspecified atom stereocenters. The van der Waals surface area contributed by atoms with Gasteiger partial charge in [0.05, 0.1) is 24.7 Å². The molecule has 118 valence electrons. The van der Waals surface area contributed by atoms with Gasteiger partial charge in [-0.2, -0.15) is 11.8 Å². The monoisotopic (exact) mass is 316 g/mol. The zero-order valence-electron chi connectivity index (χ0n) is 11.8. The molecule has 2 heterocycles. The Labute approximate surface area is 127 Å². The maximum atomic E-state index is 12.0. The Kier molecular flexibility index (Phi) is 5.26. The Morgan fingerprint density at radius 1 is 1.62 bits per heavy atom. The summed E-state index contributed by atoms with van der Waals surface area (Å²) in [6.45, 7) is 2.04. The van der Waals surface area contributed by atoms with Crippen LogP contribution >= 0.6 is 11.8 Å². The van der Waals surface area contributed by atoms with Crippen LogP contribution in [0.5, 0.6) is 0 Å². The van der Waals surface area contributed by atoms with E-state index in [-0.39, 0.29) is 17.6 Å². The summed E-state index contributed by atoms with van der Waals surface area (Å²) in [5.41, 5.74) is 0.868. The zero-order valence-corrected chi connectivity index (χ0v) is 12.6. The van der Waals surface area contributed by atoms with Gasteiger partial charge in [0.1, 0.15) is 5.70 Å². The third kappa shape index (κ3) is 3.08. The molecular weight excluding hydrogens is 296 g/mol. The maximum absolute atomic E-state index is 12.0. The van der Waals surface area contributed by atoms with Gasteiger partial charge >= 0.3 is 5.97 Å². The Morgan fingerprint density at radius 2 is 2.33 bits per heavy atom. The van der Waals surface area contributed by atoms with E-state index in [1.165, 1.54) is 4.90 Å². The highest BCUT2D eigenvalue weighted by atomic mass is 32.2. The summed E-state index contributed by atoms with van der Waals surface area (Å²) in [5, 5.41) is 19.0. The van der Waals surface area contributed by atoms with Crippen LogP contribution in [0.2, 0.25) is 0 Å². The number of aliphatic hydroxyl groups excluding tert-OH is 1. The lowest BCUT2D eigenvalue weighted by Crippen LogP contribution is -2.61. The predicted molar refractivity (Wildman–Crippen MR) is 77.2 cm³/mol. The molecule has 0 spiro atoms. The summed E-state index contributed by atoms with van der Waals surface area (Å²) in [6.07, 6.45) is 0.574. The van der Waals surface area contributed by atoms with E-state index in [4.69, 9.17) is 5.90 Å². The lowest BCUT2D eigenvalue weighted by atomic mass is 9.83. The molecule has 1 fully saturated rings. The van der Waals surface area contributed by atoms with Crippen molar-refractivity contribution < 1.29 is 24.6 Å². The molecule has 1 saturated heterocycles. The van der Waals surface area contributed by atoms with E-state index in [2.05, 4.69) is 4.84 Å². The van der Waals surface area contributed by atoms with E-state index in [1.807, 2.05) is 0 Å². The lowest BCUT2D eigenvalue weighted by Gasteiger charge is -2.44. The van der Waals surface area contributed by atoms with Crippen molar-refractivity contribution in [3.8, 4) is 0 Å². The number of carboxylic acid groups (broad SMARTS) is 1. The number of hydrogen-bond donors (Lipinski definition) is 3. The van der Waals surface area contributed by atoms with Crippen molar-refractivity contribution in [1.29, 1.82) is 0 Å². The number of rotatable bonds is 8. The minimum absolute atomic E-state index is 0.101. The minimum Gasteiger partial charge on any atom is -0.477 e. The first kappa shape index (κ1) is 16.3. The molecule has 0 saturated carbocycles. The van der Waals surface area contributed by atoms with Crippen LogP contribution in [0.1, 0.15) is 19.8 Å². The predicted octanol–water partition coefficient (Wildman–Crippen LogP) is -0.0498. The number of nitrogens with two attached hydrogens (primary N) is 1. The van der Waals surface area contributed by atoms with Crippen molar-refractivity contribution in [3.05, 3.63) is 11.3 Å². The highest BCUT2D eigenvalue weighted by Crippen LogP contribution is 2.44. The standard InChI is InChI=1S/C13H20N2O5S/c1-7(16)10-9-5-8(6-21-4-2-3-20-14)11(13(18)19)15(9)12(10)17/h7,9-10,16H,2-6,14H2,1H3,(H,18,19). The van der Waals surface area contributed by atoms with Gasteiger partial charge in [-0.25, -0.2) is 10.7 Å². The number of thioether (sulfide) groups is 1. The van der Waals surface area contributed by atoms with Gasteiger partial charge in [-0.1, -0.05) is 0 Å². The molecule has 4 N–H and O–H groups in total. The molecule has 0 radical (unpaired) electrons. The van der Waals surface area contributed by atoms with Crippen LogP contribution in [-0.2, 0) is 14.4 Å². The van der Waals surface area contributed by atoms with Gasteiger partial charge in [0.25, 0.3) is 0 Å². The highest BCUT2D eigenvalue weighted by Gasteiger charge is 2.56. The molecule has 2 aliphatic heterocycles. The van der Waals surface area contributed by atoms with E-state index in [0.29, 0.717) is 18.8 Å². The van der Waals surface area contributed by atoms with Crippen LogP contribution in [0.25, 0.3) is 0 Å². The van der Waals surface area contributed by atoms with Crippen LogP contribution in [0.4, 0.5) is 0 Å². The number of amides is 1. The van der Waals surface area contributed by atoms with Crippen molar-refractivity contribution >= 4 is 23.6 Å². The van der Waals surface area contributed by atoms with Gasteiger partial charge in [-0.3, -0.25) is 4.79 Å². The number of aliphatic hydroxyl groups is 1. The fourth-order valence-electron chi connectivity index (χ4n) is 2.93. The average molecular weight is 316 g/mol. The molecule has 2 rings (SSSR count). The molecule has 21 heavy (non-hydrogen) atoms. The van der Waals surface area contributed by atoms with Crippen LogP contribution < -0.4 is 5.90 Å². The first-order valence-electron chi connectivity index (χ1n) is 6.85. The molecule has 0 aliphatic carbocycles. The van der Waals surface area contributed by atoms with Gasteiger partial charge in [0, 0.05) is 5.75 Å². The number of aliphatic carboxylic acids is 1. The van der Waals surface area contributed by atoms with E-state index >= 15 is 0 Å². The van der Waals surface area contributed by atoms with Gasteiger partial charge in [0.2, 0.25) is 5.91 Å². The number of carboxylic acids is 1. The van der Waals surface area contributed by atoms with Crippen LogP contribution in [-0.4, -0.2) is 57.2 Å². The van der Waals surface area contributed by atoms with Crippen molar-refractivity contribution in [1.82, 2.24) is 4.90 Å². The molecule has 1 amide bonds. The zero-order chi connectivity index (χ0) is 15.6. The summed E-state index contributed by atoms with van der Waals surface area (Å²) in [4.78, 5) is 29.2. The molecule has 3 atom stereocenters. The van der Waals surface area contributed by atoms with E-state index < -0.39 is 18.0 Å². The van der Waals surface area contributed by atoms with Crippen molar-refractivity contribution in [2.45, 2.75) is 31.9 Å². The van der Waals surface area contributed by atoms with Crippen LogP contribution in [0.3, 0.4) is 0 Å². The van der Waals surface area contributed by atoms with E-state index in [0.717, 1.165) is 17.7 Å². The van der Waals surface area contributed by atoms with Crippen molar-refractivity contribution in [2.24, 2.45) is 11.8 Å². The number of carbonyl (C=O) groups excluding carboxylic acids is 1. The molecule has 0 bridgehead atoms. The Balaban J connectivity index is 2.00. The summed E-state index contributed by atoms with van der Waals surface area (Å²) in [5.74, 6) is 4.47. The number of fused-ring (bicyclic) bond motifs is 1. The van der Waals surface area contributed by atoms with Gasteiger partial charge < -0.3 is 20.0 Å². The fraction of sp³-hybridized carbons (Fsp3) is 0.692. The Morgan fingerprint density at radius 3 is 2.90 bits per heavy atom. The summed E-state index contributed by atoms with van der Waals surface area (Å²) in [6, 6.07) is -0.202. The molecule has 0 aromatic carbocycles. The first-order valence-corrected chi connectivity index (χ1v) is 8.00. The van der Waals surface area contributed by atoms with Crippen molar-refractivity contribution in [2.75, 3.05) is 18.1 Å². The number of β-lactam (4-membered cyclic amide) rings is 1. The normalized spacial score (nSPS) is 25.9. The topological polar surface area (TPSA) is 113 Å². The molecule has 0 aromatic heterocycles. The average Bonchev–Trinajstić information content (AvgIpc) is 2.72. The SMILES string of the molecule is CC(O)C1C(=O)N2C(C(=O)O)=C(CSCCCON)CC12. The van der Waals surface area contributed by atoms with Gasteiger partial charge in [-0.05, 0) is 31.1 Å². The van der Waals surface area contributed by atoms with E-state index in [1.54, 1.807) is 18.7 Å². The highest BCUT2D eigenvalue weighted by molar-refractivity contribution is 7.99. The van der Waals surface area contributed by atoms with Crippen LogP contribution in [0.15, 0.2) is 11.3 Å². The second kappa shape index (κ2) is 6.78. The molecule has 7 nitrogen and oxygen atoms in total. The van der Waals surface area contributed by atoms with Crippen LogP contribution in [0, 0.1) is 5.92 Å². The largest absolute Gasteiger partial charge is 0.477 e. The third-order valence-electron chi connectivity index (χ3n) is 3.85. The van der Waals surface area contributed by atoms with Gasteiger partial charge in [0.15, 0.2) is 0 Å². The fourth-order valence-corrected chi connectivity index (χ4v) is 3.90. The first-order chi connectivity index (χ1) is 9.99. The number of carbonyl (C=O) groups is 2. The second-order valence-corrected chi connectivity index (χ2v) is 6.39. The summed E-state index contributed by atoms with van der Waals surface area (Å²) >= 11 is 1.60. The lowest BCUT2D eigenvalue weighted by molar-refractivity contribution is -0.161. The quantitative estimate of drug-likeness (QED) is 0.327. The Bertz CT molecular complexity index is 465. The van der Waals surface area contributed by atoms with Gasteiger partial charge in [-0.15, -0.1) is 0 Å². The smallest absolute Gasteiger partial charge is 0.352 e. The molecule has 8 heteroatoms. The van der Waals surface area contributed by atoms with Crippen molar-refractivity contribution in [3.63, 3.8) is 0 Å². The van der Waals surface area contributed by atoms with E-state index in [9.17, 15) is 19.8 Å². The summed E-state index contributed by atoms with van der Waals surface area (Å²) < 4.78 is 0. The maximum Gasteiger partial charge on any atom is 0.352 e. The number of hydrogen-bond acceptors (Lipinski definition) is 6. The third-order valence-corrected chi connectivity index (χ3v) is 4.98. The second-order valence-electron chi connectivity index (χ2n) is 5.28. The molecule has 0 aromatic rings. The number of nitrogens with zero attached hydrogens (tertiary/aromatic N) is 1. The molecule has 2 aliphatic rings. The Hall–Kier alpha value is -1.09.